The van der Waals surface area contributed by atoms with E-state index < -0.39 is 0 Å². The van der Waals surface area contributed by atoms with Crippen molar-refractivity contribution >= 4 is 27.5 Å². The lowest BCUT2D eigenvalue weighted by Gasteiger charge is -2.14. The highest BCUT2D eigenvalue weighted by molar-refractivity contribution is 9.10. The molecule has 1 atom stereocenters. The van der Waals surface area contributed by atoms with E-state index in [4.69, 9.17) is 0 Å². The topological polar surface area (TPSA) is 83.6 Å². The highest BCUT2D eigenvalue weighted by atomic mass is 79.9. The molecule has 0 spiro atoms. The van der Waals surface area contributed by atoms with Gasteiger partial charge in [-0.3, -0.25) is 4.79 Å². The SMILES string of the molecule is CCCC(CC)C(=O)Nc1cc(Br)cc(-c2nn[nH]n2)c1. The van der Waals surface area contributed by atoms with Crippen LogP contribution in [0.3, 0.4) is 0 Å². The van der Waals surface area contributed by atoms with Crippen LogP contribution in [-0.2, 0) is 4.79 Å². The molecule has 1 aromatic carbocycles. The van der Waals surface area contributed by atoms with Crippen LogP contribution < -0.4 is 5.32 Å². The molecule has 0 saturated carbocycles. The van der Waals surface area contributed by atoms with Crippen molar-refractivity contribution < 1.29 is 4.79 Å². The van der Waals surface area contributed by atoms with Crippen LogP contribution in [0.15, 0.2) is 22.7 Å². The first kappa shape index (κ1) is 15.6. The van der Waals surface area contributed by atoms with Gasteiger partial charge in [0, 0.05) is 21.6 Å². The molecule has 1 aromatic heterocycles. The molecule has 1 amide bonds. The summed E-state index contributed by atoms with van der Waals surface area (Å²) in [4.78, 5) is 12.3. The lowest BCUT2D eigenvalue weighted by atomic mass is 10.00. The Labute approximate surface area is 131 Å². The highest BCUT2D eigenvalue weighted by Gasteiger charge is 2.16. The number of carbonyl (C=O) groups is 1. The summed E-state index contributed by atoms with van der Waals surface area (Å²) >= 11 is 3.44. The summed E-state index contributed by atoms with van der Waals surface area (Å²) in [5, 5.41) is 16.8. The van der Waals surface area contributed by atoms with Crippen molar-refractivity contribution in [3.63, 3.8) is 0 Å². The number of rotatable bonds is 6. The number of halogens is 1. The monoisotopic (exact) mass is 351 g/mol. The molecule has 1 unspecified atom stereocenters. The molecule has 0 aliphatic carbocycles. The lowest BCUT2D eigenvalue weighted by molar-refractivity contribution is -0.120. The van der Waals surface area contributed by atoms with Crippen molar-refractivity contribution in [2.45, 2.75) is 33.1 Å². The molecular formula is C14H18BrN5O. The number of nitrogens with one attached hydrogen (secondary N) is 2. The van der Waals surface area contributed by atoms with Crippen molar-refractivity contribution in [1.82, 2.24) is 20.6 Å². The number of hydrogen-bond acceptors (Lipinski definition) is 4. The van der Waals surface area contributed by atoms with Gasteiger partial charge in [0.15, 0.2) is 0 Å². The van der Waals surface area contributed by atoms with Crippen molar-refractivity contribution in [3.8, 4) is 11.4 Å². The van der Waals surface area contributed by atoms with Gasteiger partial charge in [-0.05, 0) is 36.3 Å². The number of amides is 1. The second kappa shape index (κ2) is 7.31. The van der Waals surface area contributed by atoms with E-state index in [1.807, 2.05) is 25.1 Å². The van der Waals surface area contributed by atoms with E-state index in [-0.39, 0.29) is 11.8 Å². The Morgan fingerprint density at radius 1 is 1.38 bits per heavy atom. The zero-order valence-corrected chi connectivity index (χ0v) is 13.6. The summed E-state index contributed by atoms with van der Waals surface area (Å²) in [6.07, 6.45) is 2.73. The second-order valence-corrected chi connectivity index (χ2v) is 5.76. The molecule has 0 aliphatic heterocycles. The maximum atomic E-state index is 12.3. The van der Waals surface area contributed by atoms with Gasteiger partial charge in [-0.2, -0.15) is 5.21 Å². The minimum atomic E-state index is 0.0441. The largest absolute Gasteiger partial charge is 0.326 e. The summed E-state index contributed by atoms with van der Waals surface area (Å²) in [6.45, 7) is 4.12. The molecule has 0 saturated heterocycles. The molecule has 0 bridgehead atoms. The van der Waals surface area contributed by atoms with Gasteiger partial charge < -0.3 is 5.32 Å². The Kier molecular flexibility index (Phi) is 5.44. The third-order valence-electron chi connectivity index (χ3n) is 3.27. The number of anilines is 1. The average Bonchev–Trinajstić information content (AvgIpc) is 2.98. The number of nitrogens with zero attached hydrogens (tertiary/aromatic N) is 3. The van der Waals surface area contributed by atoms with Gasteiger partial charge in [0.05, 0.1) is 0 Å². The van der Waals surface area contributed by atoms with Gasteiger partial charge in [-0.15, -0.1) is 10.2 Å². The van der Waals surface area contributed by atoms with Gasteiger partial charge in [-0.25, -0.2) is 0 Å². The molecule has 2 rings (SSSR count). The van der Waals surface area contributed by atoms with Crippen molar-refractivity contribution in [2.75, 3.05) is 5.32 Å². The van der Waals surface area contributed by atoms with Crippen LogP contribution in [-0.4, -0.2) is 26.5 Å². The molecule has 2 N–H and O–H groups in total. The number of benzene rings is 1. The van der Waals surface area contributed by atoms with Crippen LogP contribution in [0, 0.1) is 5.92 Å². The molecule has 0 aliphatic rings. The van der Waals surface area contributed by atoms with Crippen LogP contribution in [0.2, 0.25) is 0 Å². The van der Waals surface area contributed by atoms with Gasteiger partial charge >= 0.3 is 0 Å². The smallest absolute Gasteiger partial charge is 0.227 e. The first-order chi connectivity index (χ1) is 10.1. The minimum Gasteiger partial charge on any atom is -0.326 e. The average molecular weight is 352 g/mol. The first-order valence-electron chi connectivity index (χ1n) is 6.99. The molecule has 1 heterocycles. The van der Waals surface area contributed by atoms with Gasteiger partial charge in [0.25, 0.3) is 0 Å². The standard InChI is InChI=1S/C14H18BrN5O/c1-3-5-9(4-2)14(21)16-12-7-10(6-11(15)8-12)13-17-19-20-18-13/h6-9H,3-5H2,1-2H3,(H,16,21)(H,17,18,19,20). The Morgan fingerprint density at radius 3 is 2.81 bits per heavy atom. The number of aromatic amines is 1. The van der Waals surface area contributed by atoms with Crippen LogP contribution >= 0.6 is 15.9 Å². The Morgan fingerprint density at radius 2 is 2.19 bits per heavy atom. The van der Waals surface area contributed by atoms with Crippen molar-refractivity contribution in [3.05, 3.63) is 22.7 Å². The zero-order valence-electron chi connectivity index (χ0n) is 12.1. The van der Waals surface area contributed by atoms with E-state index in [1.165, 1.54) is 0 Å². The Bertz CT molecular complexity index is 599. The summed E-state index contributed by atoms with van der Waals surface area (Å²) < 4.78 is 0.851. The molecule has 21 heavy (non-hydrogen) atoms. The fourth-order valence-corrected chi connectivity index (χ4v) is 2.68. The van der Waals surface area contributed by atoms with Crippen LogP contribution in [0.25, 0.3) is 11.4 Å². The molecule has 0 fully saturated rings. The highest BCUT2D eigenvalue weighted by Crippen LogP contribution is 2.25. The predicted octanol–water partition coefficient (Wildman–Crippen LogP) is 3.39. The summed E-state index contributed by atoms with van der Waals surface area (Å²) in [7, 11) is 0. The Hall–Kier alpha value is -1.76. The van der Waals surface area contributed by atoms with E-state index in [1.54, 1.807) is 0 Å². The summed E-state index contributed by atoms with van der Waals surface area (Å²) in [5.74, 6) is 0.589. The van der Waals surface area contributed by atoms with E-state index in [2.05, 4.69) is 48.8 Å². The van der Waals surface area contributed by atoms with Gasteiger partial charge in [0.2, 0.25) is 11.7 Å². The number of carbonyl (C=O) groups excluding carboxylic acids is 1. The number of aromatic nitrogens is 4. The molecule has 2 aromatic rings. The summed E-state index contributed by atoms with van der Waals surface area (Å²) in [5.41, 5.74) is 1.51. The van der Waals surface area contributed by atoms with Gasteiger partial charge in [0.1, 0.15) is 0 Å². The summed E-state index contributed by atoms with van der Waals surface area (Å²) in [6, 6.07) is 5.58. The quantitative estimate of drug-likeness (QED) is 0.835. The van der Waals surface area contributed by atoms with Crippen LogP contribution in [0.4, 0.5) is 5.69 Å². The van der Waals surface area contributed by atoms with Crippen LogP contribution in [0.1, 0.15) is 33.1 Å². The van der Waals surface area contributed by atoms with E-state index in [9.17, 15) is 4.79 Å². The first-order valence-corrected chi connectivity index (χ1v) is 7.78. The molecule has 112 valence electrons. The molecule has 6 nitrogen and oxygen atoms in total. The minimum absolute atomic E-state index is 0.0441. The molecular weight excluding hydrogens is 334 g/mol. The van der Waals surface area contributed by atoms with Crippen molar-refractivity contribution in [2.24, 2.45) is 5.92 Å². The predicted molar refractivity (Wildman–Crippen MR) is 84.6 cm³/mol. The van der Waals surface area contributed by atoms with E-state index in [0.29, 0.717) is 5.82 Å². The molecule has 7 heteroatoms. The molecule has 0 radical (unpaired) electrons. The lowest BCUT2D eigenvalue weighted by Crippen LogP contribution is -2.22. The Balaban J connectivity index is 2.18. The normalized spacial score (nSPS) is 12.1. The third-order valence-corrected chi connectivity index (χ3v) is 3.73. The number of hydrogen-bond donors (Lipinski definition) is 2. The van der Waals surface area contributed by atoms with E-state index in [0.717, 1.165) is 35.0 Å². The fraction of sp³-hybridized carbons (Fsp3) is 0.429. The maximum Gasteiger partial charge on any atom is 0.227 e. The third kappa shape index (κ3) is 4.10. The maximum absolute atomic E-state index is 12.3. The second-order valence-electron chi connectivity index (χ2n) is 4.85. The van der Waals surface area contributed by atoms with Gasteiger partial charge in [-0.1, -0.05) is 36.2 Å². The fourth-order valence-electron chi connectivity index (χ4n) is 2.19. The van der Waals surface area contributed by atoms with E-state index >= 15 is 0 Å². The zero-order chi connectivity index (χ0) is 15.2. The number of H-pyrrole nitrogens is 1. The van der Waals surface area contributed by atoms with Crippen molar-refractivity contribution in [1.29, 1.82) is 0 Å². The number of tetrazole rings is 1. The van der Waals surface area contributed by atoms with Crippen LogP contribution in [0.5, 0.6) is 0 Å².